The van der Waals surface area contributed by atoms with E-state index in [0.29, 0.717) is 34.7 Å². The lowest BCUT2D eigenvalue weighted by atomic mass is 10.00. The van der Waals surface area contributed by atoms with Gasteiger partial charge >= 0.3 is 0 Å². The average Bonchev–Trinajstić information content (AvgIpc) is 3.58. The number of H-pyrrole nitrogens is 1. The van der Waals surface area contributed by atoms with Crippen LogP contribution in [0.2, 0.25) is 0 Å². The molecule has 3 heterocycles. The smallest absolute Gasteiger partial charge is 0.229 e. The molecule has 0 aliphatic heterocycles. The largest absolute Gasteiger partial charge is 0.493 e. The lowest BCUT2D eigenvalue weighted by molar-refractivity contribution is 0.324. The zero-order valence-corrected chi connectivity index (χ0v) is 19.7. The summed E-state index contributed by atoms with van der Waals surface area (Å²) in [5, 5.41) is 18.6. The second-order valence-electron chi connectivity index (χ2n) is 7.78. The number of hydrogen-bond donors (Lipinski definition) is 2. The van der Waals surface area contributed by atoms with Crippen molar-refractivity contribution in [3.8, 4) is 22.9 Å². The Morgan fingerprint density at radius 3 is 2.49 bits per heavy atom. The predicted octanol–water partition coefficient (Wildman–Crippen LogP) is 3.85. The Balaban J connectivity index is 1.49. The topological polar surface area (TPSA) is 125 Å². The molecule has 5 aromatic rings. The van der Waals surface area contributed by atoms with Gasteiger partial charge < -0.3 is 24.1 Å². The fourth-order valence-electron chi connectivity index (χ4n) is 3.92. The normalized spacial score (nSPS) is 11.9. The van der Waals surface area contributed by atoms with E-state index in [4.69, 9.17) is 19.2 Å². The highest BCUT2D eigenvalue weighted by atomic mass is 16.5. The molecule has 1 unspecified atom stereocenters. The highest BCUT2D eigenvalue weighted by molar-refractivity contribution is 5.79. The minimum Gasteiger partial charge on any atom is -0.493 e. The van der Waals surface area contributed by atoms with Crippen LogP contribution >= 0.6 is 0 Å². The number of aromatic amines is 1. The standard InChI is InChI=1S/C24H24N8O3/c1-14(22-28-30-31-29-22)15-6-5-7-18(10-15)32-9-8-16-13-25-24(27-23(16)32)26-17-11-19(33-2)21(35-4)20(12-17)34-3/h5-14H,1-4H3,(H,25,26,27)(H,28,29,30,31). The zero-order valence-electron chi connectivity index (χ0n) is 19.7. The van der Waals surface area contributed by atoms with Crippen molar-refractivity contribution in [2.24, 2.45) is 0 Å². The van der Waals surface area contributed by atoms with Gasteiger partial charge in [-0.25, -0.2) is 4.98 Å². The maximum atomic E-state index is 5.44. The molecule has 1 atom stereocenters. The Morgan fingerprint density at radius 1 is 1.00 bits per heavy atom. The van der Waals surface area contributed by atoms with Crippen molar-refractivity contribution in [3.63, 3.8) is 0 Å². The van der Waals surface area contributed by atoms with Crippen LogP contribution in [-0.4, -0.2) is 56.5 Å². The van der Waals surface area contributed by atoms with Crippen LogP contribution in [0.3, 0.4) is 0 Å². The van der Waals surface area contributed by atoms with Gasteiger partial charge in [0.15, 0.2) is 17.3 Å². The van der Waals surface area contributed by atoms with E-state index < -0.39 is 0 Å². The molecular weight excluding hydrogens is 448 g/mol. The minimum absolute atomic E-state index is 0.0117. The Labute approximate surface area is 201 Å². The molecule has 5 rings (SSSR count). The van der Waals surface area contributed by atoms with Crippen LogP contribution in [0.5, 0.6) is 17.2 Å². The highest BCUT2D eigenvalue weighted by Gasteiger charge is 2.16. The monoisotopic (exact) mass is 472 g/mol. The second kappa shape index (κ2) is 9.29. The van der Waals surface area contributed by atoms with Gasteiger partial charge in [0.05, 0.1) is 21.3 Å². The number of aromatic nitrogens is 7. The second-order valence-corrected chi connectivity index (χ2v) is 7.78. The van der Waals surface area contributed by atoms with Crippen molar-refractivity contribution in [2.75, 3.05) is 26.6 Å². The number of benzene rings is 2. The van der Waals surface area contributed by atoms with Gasteiger partial charge in [0.25, 0.3) is 0 Å². The predicted molar refractivity (Wildman–Crippen MR) is 130 cm³/mol. The third kappa shape index (κ3) is 4.19. The summed E-state index contributed by atoms with van der Waals surface area (Å²) in [5.74, 6) is 2.64. The van der Waals surface area contributed by atoms with E-state index in [1.54, 1.807) is 39.7 Å². The van der Waals surface area contributed by atoms with E-state index in [0.717, 1.165) is 22.3 Å². The first-order chi connectivity index (χ1) is 17.1. The molecule has 0 aliphatic carbocycles. The van der Waals surface area contributed by atoms with Gasteiger partial charge in [0, 0.05) is 47.2 Å². The average molecular weight is 473 g/mol. The molecule has 0 amide bonds. The van der Waals surface area contributed by atoms with Crippen LogP contribution in [0.4, 0.5) is 11.6 Å². The zero-order chi connectivity index (χ0) is 24.4. The van der Waals surface area contributed by atoms with Gasteiger partial charge in [0.1, 0.15) is 5.65 Å². The molecule has 35 heavy (non-hydrogen) atoms. The molecule has 11 heteroatoms. The number of ether oxygens (including phenoxy) is 3. The first kappa shape index (κ1) is 22.1. The summed E-state index contributed by atoms with van der Waals surface area (Å²) in [6, 6.07) is 13.8. The number of tetrazole rings is 1. The SMILES string of the molecule is COc1cc(Nc2ncc3ccn(-c4cccc(C(C)c5nn[nH]n5)c4)c3n2)cc(OC)c1OC. The molecule has 2 N–H and O–H groups in total. The fourth-order valence-corrected chi connectivity index (χ4v) is 3.92. The summed E-state index contributed by atoms with van der Waals surface area (Å²) in [5.41, 5.74) is 3.49. The van der Waals surface area contributed by atoms with Crippen molar-refractivity contribution in [1.29, 1.82) is 0 Å². The lowest BCUT2D eigenvalue weighted by Gasteiger charge is -2.15. The summed E-state index contributed by atoms with van der Waals surface area (Å²) in [7, 11) is 4.71. The van der Waals surface area contributed by atoms with E-state index in [1.807, 2.05) is 42.0 Å². The van der Waals surface area contributed by atoms with E-state index in [1.165, 1.54) is 0 Å². The molecule has 3 aromatic heterocycles. The molecule has 0 aliphatic rings. The number of rotatable bonds is 8. The number of fused-ring (bicyclic) bond motifs is 1. The maximum Gasteiger partial charge on any atom is 0.229 e. The molecule has 0 saturated carbocycles. The molecule has 11 nitrogen and oxygen atoms in total. The van der Waals surface area contributed by atoms with Crippen molar-refractivity contribution in [1.82, 2.24) is 35.2 Å². The van der Waals surface area contributed by atoms with Crippen molar-refractivity contribution >= 4 is 22.7 Å². The summed E-state index contributed by atoms with van der Waals surface area (Å²) in [4.78, 5) is 9.24. The summed E-state index contributed by atoms with van der Waals surface area (Å²) in [6.45, 7) is 2.04. The molecule has 0 radical (unpaired) electrons. The van der Waals surface area contributed by atoms with Crippen molar-refractivity contribution in [2.45, 2.75) is 12.8 Å². The van der Waals surface area contributed by atoms with E-state index >= 15 is 0 Å². The van der Waals surface area contributed by atoms with Crippen LogP contribution < -0.4 is 19.5 Å². The Morgan fingerprint density at radius 2 is 1.80 bits per heavy atom. The van der Waals surface area contributed by atoms with Crippen molar-refractivity contribution < 1.29 is 14.2 Å². The first-order valence-electron chi connectivity index (χ1n) is 10.9. The van der Waals surface area contributed by atoms with Gasteiger partial charge in [0.2, 0.25) is 11.7 Å². The molecule has 2 aromatic carbocycles. The van der Waals surface area contributed by atoms with Crippen molar-refractivity contribution in [3.05, 3.63) is 66.2 Å². The van der Waals surface area contributed by atoms with Gasteiger partial charge in [-0.1, -0.05) is 24.3 Å². The van der Waals surface area contributed by atoms with E-state index in [9.17, 15) is 0 Å². The summed E-state index contributed by atoms with van der Waals surface area (Å²) < 4.78 is 18.3. The Hall–Kier alpha value is -4.67. The highest BCUT2D eigenvalue weighted by Crippen LogP contribution is 2.40. The lowest BCUT2D eigenvalue weighted by Crippen LogP contribution is -2.03. The minimum atomic E-state index is -0.0117. The van der Waals surface area contributed by atoms with Gasteiger partial charge in [-0.2, -0.15) is 10.2 Å². The molecule has 0 fully saturated rings. The van der Waals surface area contributed by atoms with Crippen LogP contribution in [-0.2, 0) is 0 Å². The Kier molecular flexibility index (Phi) is 5.88. The summed E-state index contributed by atoms with van der Waals surface area (Å²) in [6.07, 6.45) is 3.76. The quantitative estimate of drug-likeness (QED) is 0.346. The third-order valence-electron chi connectivity index (χ3n) is 5.75. The first-order valence-corrected chi connectivity index (χ1v) is 10.9. The third-order valence-corrected chi connectivity index (χ3v) is 5.75. The van der Waals surface area contributed by atoms with Gasteiger partial charge in [-0.05, 0) is 23.8 Å². The maximum absolute atomic E-state index is 5.44. The Bertz CT molecular complexity index is 1440. The molecule has 178 valence electrons. The number of anilines is 2. The van der Waals surface area contributed by atoms with Crippen LogP contribution in [0, 0.1) is 0 Å². The fraction of sp³-hybridized carbons (Fsp3) is 0.208. The molecule has 0 spiro atoms. The number of nitrogens with one attached hydrogen (secondary N) is 2. The number of hydrogen-bond acceptors (Lipinski definition) is 9. The molecule has 0 saturated heterocycles. The summed E-state index contributed by atoms with van der Waals surface area (Å²) >= 11 is 0. The molecular formula is C24H24N8O3. The number of nitrogens with zero attached hydrogens (tertiary/aromatic N) is 6. The molecule has 0 bridgehead atoms. The van der Waals surface area contributed by atoms with Crippen LogP contribution in [0.25, 0.3) is 16.7 Å². The van der Waals surface area contributed by atoms with E-state index in [-0.39, 0.29) is 5.92 Å². The van der Waals surface area contributed by atoms with Gasteiger partial charge in [-0.3, -0.25) is 0 Å². The van der Waals surface area contributed by atoms with E-state index in [2.05, 4.69) is 37.0 Å². The van der Waals surface area contributed by atoms with Crippen LogP contribution in [0.1, 0.15) is 24.2 Å². The van der Waals surface area contributed by atoms with Crippen LogP contribution in [0.15, 0.2) is 54.9 Å². The number of methoxy groups -OCH3 is 3. The van der Waals surface area contributed by atoms with Gasteiger partial charge in [-0.15, -0.1) is 10.2 Å².